The molecule has 0 spiro atoms. The lowest BCUT2D eigenvalue weighted by Gasteiger charge is -2.06. The molecular formula is C11H5BrFIN2O2. The molecule has 4 nitrogen and oxygen atoms in total. The van der Waals surface area contributed by atoms with Crippen molar-refractivity contribution in [3.63, 3.8) is 0 Å². The van der Waals surface area contributed by atoms with Gasteiger partial charge in [0.05, 0.1) is 15.1 Å². The second-order valence-corrected chi connectivity index (χ2v) is 5.29. The molecule has 2 rings (SSSR count). The highest BCUT2D eigenvalue weighted by Crippen LogP contribution is 2.37. The van der Waals surface area contributed by atoms with Crippen molar-refractivity contribution >= 4 is 44.2 Å². The van der Waals surface area contributed by atoms with E-state index in [2.05, 4.69) is 20.9 Å². The van der Waals surface area contributed by atoms with Gasteiger partial charge in [-0.05, 0) is 56.7 Å². The van der Waals surface area contributed by atoms with E-state index in [9.17, 15) is 14.5 Å². The average molecular weight is 423 g/mol. The zero-order valence-corrected chi connectivity index (χ0v) is 12.5. The molecule has 0 aliphatic rings. The number of rotatable bonds is 2. The molecule has 0 unspecified atom stereocenters. The van der Waals surface area contributed by atoms with E-state index >= 15 is 0 Å². The summed E-state index contributed by atoms with van der Waals surface area (Å²) in [6.45, 7) is 0. The number of nitro groups is 1. The van der Waals surface area contributed by atoms with Gasteiger partial charge in [0.25, 0.3) is 0 Å². The first-order valence-corrected chi connectivity index (χ1v) is 6.63. The summed E-state index contributed by atoms with van der Waals surface area (Å²) in [5.41, 5.74) is 0.549. The molecule has 0 N–H and O–H groups in total. The number of aromatic nitrogens is 1. The molecule has 92 valence electrons. The summed E-state index contributed by atoms with van der Waals surface area (Å²) < 4.78 is 14.0. The van der Waals surface area contributed by atoms with Crippen molar-refractivity contribution in [1.29, 1.82) is 0 Å². The predicted molar refractivity (Wildman–Crippen MR) is 76.7 cm³/mol. The number of halogens is 3. The highest BCUT2D eigenvalue weighted by atomic mass is 127. The van der Waals surface area contributed by atoms with E-state index in [1.54, 1.807) is 47.0 Å². The molecule has 1 heterocycles. The molecule has 0 aliphatic heterocycles. The average Bonchev–Trinajstić information content (AvgIpc) is 2.34. The second-order valence-electron chi connectivity index (χ2n) is 3.35. The van der Waals surface area contributed by atoms with E-state index in [-0.39, 0.29) is 8.04 Å². The Kier molecular flexibility index (Phi) is 3.91. The lowest BCUT2D eigenvalue weighted by Crippen LogP contribution is -1.99. The number of nitrogens with zero attached hydrogens (tertiary/aromatic N) is 2. The standard InChI is InChI=1S/C11H5BrFIN2O2/c12-7-5-6(8-3-1-2-4-15-8)10(14)11(9(7)13)16(17)18/h1-5H. The van der Waals surface area contributed by atoms with Crippen molar-refractivity contribution in [2.24, 2.45) is 0 Å². The van der Waals surface area contributed by atoms with Crippen LogP contribution in [0.3, 0.4) is 0 Å². The van der Waals surface area contributed by atoms with Gasteiger partial charge < -0.3 is 0 Å². The second kappa shape index (κ2) is 5.27. The molecule has 7 heteroatoms. The molecule has 1 aromatic carbocycles. The fraction of sp³-hybridized carbons (Fsp3) is 0. The molecule has 18 heavy (non-hydrogen) atoms. The van der Waals surface area contributed by atoms with Crippen LogP contribution in [0.15, 0.2) is 34.9 Å². The van der Waals surface area contributed by atoms with Crippen molar-refractivity contribution < 1.29 is 9.31 Å². The molecule has 0 amide bonds. The minimum Gasteiger partial charge on any atom is -0.258 e. The maximum absolute atomic E-state index is 13.7. The minimum atomic E-state index is -0.871. The summed E-state index contributed by atoms with van der Waals surface area (Å²) in [6, 6.07) is 6.71. The topological polar surface area (TPSA) is 56.0 Å². The first kappa shape index (κ1) is 13.3. The first-order valence-electron chi connectivity index (χ1n) is 4.75. The van der Waals surface area contributed by atoms with E-state index in [0.717, 1.165) is 0 Å². The summed E-state index contributed by atoms with van der Waals surface area (Å²) in [5.74, 6) is -0.871. The number of hydrogen-bond acceptors (Lipinski definition) is 3. The monoisotopic (exact) mass is 422 g/mol. The van der Waals surface area contributed by atoms with Gasteiger partial charge >= 0.3 is 5.69 Å². The molecule has 1 aromatic heterocycles. The van der Waals surface area contributed by atoms with Crippen molar-refractivity contribution in [3.8, 4) is 11.3 Å². The third-order valence-corrected chi connectivity index (χ3v) is 3.93. The van der Waals surface area contributed by atoms with Crippen LogP contribution >= 0.6 is 38.5 Å². The predicted octanol–water partition coefficient (Wildman–Crippen LogP) is 4.16. The van der Waals surface area contributed by atoms with Crippen molar-refractivity contribution in [2.75, 3.05) is 0 Å². The van der Waals surface area contributed by atoms with Gasteiger partial charge in [0.2, 0.25) is 5.82 Å². The normalized spacial score (nSPS) is 10.4. The number of nitro benzene ring substituents is 1. The highest BCUT2D eigenvalue weighted by Gasteiger charge is 2.25. The Morgan fingerprint density at radius 3 is 2.72 bits per heavy atom. The van der Waals surface area contributed by atoms with Crippen LogP contribution < -0.4 is 0 Å². The third kappa shape index (κ3) is 2.37. The maximum Gasteiger partial charge on any atom is 0.319 e. The van der Waals surface area contributed by atoms with Crippen LogP contribution in [0.5, 0.6) is 0 Å². The van der Waals surface area contributed by atoms with Crippen LogP contribution in [0, 0.1) is 19.5 Å². The molecule has 0 saturated carbocycles. The Morgan fingerprint density at radius 1 is 1.44 bits per heavy atom. The zero-order valence-electron chi connectivity index (χ0n) is 8.73. The molecule has 0 atom stereocenters. The van der Waals surface area contributed by atoms with Gasteiger partial charge in [0, 0.05) is 11.8 Å². The molecule has 0 bridgehead atoms. The van der Waals surface area contributed by atoms with Crippen LogP contribution in [-0.2, 0) is 0 Å². The largest absolute Gasteiger partial charge is 0.319 e. The zero-order chi connectivity index (χ0) is 13.3. The van der Waals surface area contributed by atoms with Gasteiger partial charge in [0.1, 0.15) is 3.57 Å². The minimum absolute atomic E-state index is 0.0512. The summed E-state index contributed by atoms with van der Waals surface area (Å²) in [4.78, 5) is 14.3. The van der Waals surface area contributed by atoms with Gasteiger partial charge in [-0.1, -0.05) is 6.07 Å². The van der Waals surface area contributed by atoms with Crippen LogP contribution in [0.4, 0.5) is 10.1 Å². The van der Waals surface area contributed by atoms with Crippen molar-refractivity contribution in [2.45, 2.75) is 0 Å². The summed E-state index contributed by atoms with van der Waals surface area (Å²) in [6.07, 6.45) is 1.58. The van der Waals surface area contributed by atoms with Crippen LogP contribution in [0.2, 0.25) is 0 Å². The van der Waals surface area contributed by atoms with E-state index < -0.39 is 16.4 Å². The summed E-state index contributed by atoms with van der Waals surface area (Å²) in [7, 11) is 0. The Hall–Kier alpha value is -1.09. The molecular weight excluding hydrogens is 418 g/mol. The van der Waals surface area contributed by atoms with Crippen LogP contribution in [-0.4, -0.2) is 9.91 Å². The number of benzene rings is 1. The van der Waals surface area contributed by atoms with Crippen molar-refractivity contribution in [1.82, 2.24) is 4.98 Å². The lowest BCUT2D eigenvalue weighted by atomic mass is 10.1. The van der Waals surface area contributed by atoms with Gasteiger partial charge in [-0.3, -0.25) is 15.1 Å². The maximum atomic E-state index is 13.7. The molecule has 0 radical (unpaired) electrons. The van der Waals surface area contributed by atoms with Crippen LogP contribution in [0.1, 0.15) is 0 Å². The van der Waals surface area contributed by atoms with Gasteiger partial charge in [0.15, 0.2) is 0 Å². The number of pyridine rings is 1. The highest BCUT2D eigenvalue weighted by molar-refractivity contribution is 14.1. The Balaban J connectivity index is 2.75. The Morgan fingerprint density at radius 2 is 2.17 bits per heavy atom. The van der Waals surface area contributed by atoms with E-state index in [4.69, 9.17) is 0 Å². The summed E-state index contributed by atoms with van der Waals surface area (Å²) >= 11 is 4.75. The molecule has 2 aromatic rings. The van der Waals surface area contributed by atoms with Crippen molar-refractivity contribution in [3.05, 3.63) is 54.4 Å². The summed E-state index contributed by atoms with van der Waals surface area (Å²) in [5, 5.41) is 10.9. The van der Waals surface area contributed by atoms with Gasteiger partial charge in [-0.25, -0.2) is 0 Å². The lowest BCUT2D eigenvalue weighted by molar-refractivity contribution is -0.388. The molecule has 0 aliphatic carbocycles. The third-order valence-electron chi connectivity index (χ3n) is 2.26. The number of hydrogen-bond donors (Lipinski definition) is 0. The Labute approximate surface area is 124 Å². The SMILES string of the molecule is O=[N+]([O-])c1c(F)c(Br)cc(-c2ccccn2)c1I. The van der Waals surface area contributed by atoms with Crippen LogP contribution in [0.25, 0.3) is 11.3 Å². The van der Waals surface area contributed by atoms with E-state index in [0.29, 0.717) is 11.3 Å². The fourth-order valence-corrected chi connectivity index (χ4v) is 2.74. The molecule has 0 saturated heterocycles. The fourth-order valence-electron chi connectivity index (χ4n) is 1.46. The van der Waals surface area contributed by atoms with E-state index in [1.165, 1.54) is 6.07 Å². The Bertz CT molecular complexity index is 622. The first-order chi connectivity index (χ1) is 8.52. The van der Waals surface area contributed by atoms with Gasteiger partial charge in [-0.2, -0.15) is 4.39 Å². The van der Waals surface area contributed by atoms with E-state index in [1.807, 2.05) is 0 Å². The van der Waals surface area contributed by atoms with Gasteiger partial charge in [-0.15, -0.1) is 0 Å². The smallest absolute Gasteiger partial charge is 0.258 e. The quantitative estimate of drug-likeness (QED) is 0.316. The molecule has 0 fully saturated rings.